The third-order valence-electron chi connectivity index (χ3n) is 2.84. The number of hydrogen-bond acceptors (Lipinski definition) is 5. The Morgan fingerprint density at radius 2 is 2.14 bits per heavy atom. The van der Waals surface area contributed by atoms with Crippen molar-refractivity contribution in [1.82, 2.24) is 4.90 Å². The maximum atomic E-state index is 12.0. The van der Waals surface area contributed by atoms with Gasteiger partial charge in [0.2, 0.25) is 0 Å². The van der Waals surface area contributed by atoms with E-state index in [1.54, 1.807) is 18.2 Å². The predicted octanol–water partition coefficient (Wildman–Crippen LogP) is 1.50. The number of nitrogens with one attached hydrogen (secondary N) is 1. The molecule has 2 N–H and O–H groups in total. The number of aliphatic hydroxyl groups excluding tert-OH is 1. The third kappa shape index (κ3) is 3.43. The molecule has 7 heteroatoms. The Balaban J connectivity index is 2.15. The molecule has 0 aliphatic carbocycles. The molecule has 1 aliphatic rings. The number of imide groups is 1. The summed E-state index contributed by atoms with van der Waals surface area (Å²) in [6.45, 7) is 2.13. The van der Waals surface area contributed by atoms with Crippen LogP contribution in [0.25, 0.3) is 0 Å². The fourth-order valence-electron chi connectivity index (χ4n) is 1.91. The molecule has 1 aromatic rings. The SMILES string of the molecule is CCOc1cc(NC2=CC(=O)N(CCO)C2=O)ccc1Br. The van der Waals surface area contributed by atoms with Crippen molar-refractivity contribution in [2.45, 2.75) is 6.92 Å². The second-order valence-electron chi connectivity index (χ2n) is 4.28. The molecule has 0 aromatic heterocycles. The summed E-state index contributed by atoms with van der Waals surface area (Å²) in [6, 6.07) is 5.29. The largest absolute Gasteiger partial charge is 0.493 e. The van der Waals surface area contributed by atoms with Crippen molar-refractivity contribution in [2.75, 3.05) is 25.1 Å². The van der Waals surface area contributed by atoms with Crippen molar-refractivity contribution in [3.8, 4) is 5.75 Å². The summed E-state index contributed by atoms with van der Waals surface area (Å²) in [5, 5.41) is 11.8. The van der Waals surface area contributed by atoms with Crippen molar-refractivity contribution in [3.63, 3.8) is 0 Å². The molecule has 112 valence electrons. The number of halogens is 1. The minimum absolute atomic E-state index is 0.0100. The highest BCUT2D eigenvalue weighted by atomic mass is 79.9. The molecule has 0 unspecified atom stereocenters. The van der Waals surface area contributed by atoms with Gasteiger partial charge in [0, 0.05) is 17.8 Å². The van der Waals surface area contributed by atoms with Gasteiger partial charge in [-0.2, -0.15) is 0 Å². The number of benzene rings is 1. The first-order chi connectivity index (χ1) is 10.1. The monoisotopic (exact) mass is 354 g/mol. The molecule has 6 nitrogen and oxygen atoms in total. The zero-order valence-electron chi connectivity index (χ0n) is 11.4. The number of β-amino-alcohol motifs (C(OH)–C–C–N with tert-alkyl or cyclic N) is 1. The molecule has 0 spiro atoms. The van der Waals surface area contributed by atoms with Crippen LogP contribution in [0, 0.1) is 0 Å². The van der Waals surface area contributed by atoms with Gasteiger partial charge in [-0.05, 0) is 35.0 Å². The summed E-state index contributed by atoms with van der Waals surface area (Å²) in [5.74, 6) is -0.235. The molecule has 21 heavy (non-hydrogen) atoms. The molecule has 0 bridgehead atoms. The van der Waals surface area contributed by atoms with E-state index in [0.717, 1.165) is 9.37 Å². The zero-order chi connectivity index (χ0) is 15.4. The Kier molecular flexibility index (Phi) is 4.98. The fraction of sp³-hybridized carbons (Fsp3) is 0.286. The molecule has 1 heterocycles. The highest BCUT2D eigenvalue weighted by Gasteiger charge is 2.30. The van der Waals surface area contributed by atoms with E-state index in [1.165, 1.54) is 6.08 Å². The quantitative estimate of drug-likeness (QED) is 0.757. The molecule has 1 aliphatic heterocycles. The Hall–Kier alpha value is -1.86. The predicted molar refractivity (Wildman–Crippen MR) is 80.8 cm³/mol. The number of carbonyl (C=O) groups is 2. The van der Waals surface area contributed by atoms with E-state index < -0.39 is 11.8 Å². The smallest absolute Gasteiger partial charge is 0.277 e. The summed E-state index contributed by atoms with van der Waals surface area (Å²) >= 11 is 3.37. The summed E-state index contributed by atoms with van der Waals surface area (Å²) in [6.07, 6.45) is 1.22. The van der Waals surface area contributed by atoms with Crippen LogP contribution < -0.4 is 10.1 Å². The van der Waals surface area contributed by atoms with E-state index in [0.29, 0.717) is 18.0 Å². The van der Waals surface area contributed by atoms with Gasteiger partial charge in [0.25, 0.3) is 11.8 Å². The molecule has 0 fully saturated rings. The molecule has 0 saturated carbocycles. The summed E-state index contributed by atoms with van der Waals surface area (Å²) < 4.78 is 6.25. The molecule has 0 saturated heterocycles. The van der Waals surface area contributed by atoms with Gasteiger partial charge in [0.1, 0.15) is 11.4 Å². The van der Waals surface area contributed by atoms with E-state index in [2.05, 4.69) is 21.2 Å². The standard InChI is InChI=1S/C14H15BrN2O4/c1-2-21-12-7-9(3-4-10(12)15)16-11-8-13(19)17(5-6-18)14(11)20/h3-4,7-8,16,18H,2,5-6H2,1H3. The van der Waals surface area contributed by atoms with Crippen LogP contribution in [-0.2, 0) is 9.59 Å². The molecular weight excluding hydrogens is 340 g/mol. The number of rotatable bonds is 6. The second kappa shape index (κ2) is 6.73. The lowest BCUT2D eigenvalue weighted by molar-refractivity contribution is -0.137. The van der Waals surface area contributed by atoms with Gasteiger partial charge < -0.3 is 15.2 Å². The Morgan fingerprint density at radius 1 is 1.38 bits per heavy atom. The summed E-state index contributed by atoms with van der Waals surface area (Å²) in [7, 11) is 0. The van der Waals surface area contributed by atoms with E-state index in [1.807, 2.05) is 6.92 Å². The maximum absolute atomic E-state index is 12.0. The van der Waals surface area contributed by atoms with Crippen LogP contribution in [0.3, 0.4) is 0 Å². The normalized spacial score (nSPS) is 14.4. The van der Waals surface area contributed by atoms with Crippen molar-refractivity contribution in [1.29, 1.82) is 0 Å². The molecule has 0 radical (unpaired) electrons. The molecule has 1 aromatic carbocycles. The van der Waals surface area contributed by atoms with Gasteiger partial charge in [-0.15, -0.1) is 0 Å². The molecule has 2 amide bonds. The number of nitrogens with zero attached hydrogens (tertiary/aromatic N) is 1. The van der Waals surface area contributed by atoms with Crippen LogP contribution >= 0.6 is 15.9 Å². The van der Waals surface area contributed by atoms with Crippen molar-refractivity contribution >= 4 is 33.4 Å². The number of hydrogen-bond donors (Lipinski definition) is 2. The minimum Gasteiger partial charge on any atom is -0.493 e. The van der Waals surface area contributed by atoms with Crippen LogP contribution in [-0.4, -0.2) is 41.6 Å². The van der Waals surface area contributed by atoms with Gasteiger partial charge in [-0.3, -0.25) is 14.5 Å². The van der Waals surface area contributed by atoms with Crippen LogP contribution in [0.4, 0.5) is 5.69 Å². The molecule has 2 rings (SSSR count). The number of amides is 2. The van der Waals surface area contributed by atoms with Crippen LogP contribution in [0.15, 0.2) is 34.4 Å². The van der Waals surface area contributed by atoms with Crippen LogP contribution in [0.5, 0.6) is 5.75 Å². The summed E-state index contributed by atoms with van der Waals surface area (Å²) in [4.78, 5) is 24.6. The summed E-state index contributed by atoms with van der Waals surface area (Å²) in [5.41, 5.74) is 0.818. The average molecular weight is 355 g/mol. The van der Waals surface area contributed by atoms with Gasteiger partial charge in [0.05, 0.1) is 24.2 Å². The Bertz CT molecular complexity index is 601. The van der Waals surface area contributed by atoms with E-state index in [4.69, 9.17) is 9.84 Å². The van der Waals surface area contributed by atoms with Crippen LogP contribution in [0.2, 0.25) is 0 Å². The van der Waals surface area contributed by atoms with Crippen LogP contribution in [0.1, 0.15) is 6.92 Å². The van der Waals surface area contributed by atoms with Gasteiger partial charge in [0.15, 0.2) is 0 Å². The maximum Gasteiger partial charge on any atom is 0.277 e. The lowest BCUT2D eigenvalue weighted by atomic mass is 10.3. The van der Waals surface area contributed by atoms with E-state index in [-0.39, 0.29) is 18.8 Å². The Labute approximate surface area is 130 Å². The molecular formula is C14H15BrN2O4. The van der Waals surface area contributed by atoms with E-state index in [9.17, 15) is 9.59 Å². The topological polar surface area (TPSA) is 78.9 Å². The van der Waals surface area contributed by atoms with E-state index >= 15 is 0 Å². The Morgan fingerprint density at radius 3 is 2.81 bits per heavy atom. The zero-order valence-corrected chi connectivity index (χ0v) is 13.0. The van der Waals surface area contributed by atoms with Gasteiger partial charge in [-0.25, -0.2) is 0 Å². The second-order valence-corrected chi connectivity index (χ2v) is 5.13. The van der Waals surface area contributed by atoms with Crippen molar-refractivity contribution in [3.05, 3.63) is 34.4 Å². The lowest BCUT2D eigenvalue weighted by Gasteiger charge is -2.14. The third-order valence-corrected chi connectivity index (χ3v) is 3.50. The highest BCUT2D eigenvalue weighted by molar-refractivity contribution is 9.10. The minimum atomic E-state index is -0.449. The van der Waals surface area contributed by atoms with Gasteiger partial charge in [-0.1, -0.05) is 0 Å². The lowest BCUT2D eigenvalue weighted by Crippen LogP contribution is -2.34. The fourth-order valence-corrected chi connectivity index (χ4v) is 2.27. The molecule has 0 atom stereocenters. The van der Waals surface area contributed by atoms with Crippen molar-refractivity contribution in [2.24, 2.45) is 0 Å². The van der Waals surface area contributed by atoms with Crippen molar-refractivity contribution < 1.29 is 19.4 Å². The number of anilines is 1. The average Bonchev–Trinajstić information content (AvgIpc) is 2.71. The van der Waals surface area contributed by atoms with Gasteiger partial charge >= 0.3 is 0 Å². The highest BCUT2D eigenvalue weighted by Crippen LogP contribution is 2.29. The first-order valence-electron chi connectivity index (χ1n) is 6.44. The first-order valence-corrected chi connectivity index (χ1v) is 7.24. The number of carbonyl (C=O) groups excluding carboxylic acids is 2. The number of ether oxygens (including phenoxy) is 1. The first kappa shape index (κ1) is 15.5. The number of aliphatic hydroxyl groups is 1.